The van der Waals surface area contributed by atoms with Gasteiger partial charge in [-0.25, -0.2) is 0 Å². The van der Waals surface area contributed by atoms with Crippen LogP contribution in [0.25, 0.3) is 0 Å². The van der Waals surface area contributed by atoms with Gasteiger partial charge in [0.25, 0.3) is 0 Å². The van der Waals surface area contributed by atoms with E-state index in [-0.39, 0.29) is 6.54 Å². The maximum absolute atomic E-state index is 9.05. The van der Waals surface area contributed by atoms with E-state index in [4.69, 9.17) is 9.53 Å². The number of nitrogens with two attached hydrogens (primary N) is 1. The predicted molar refractivity (Wildman–Crippen MR) is 49.0 cm³/mol. The van der Waals surface area contributed by atoms with E-state index in [0.717, 1.165) is 0 Å². The number of carbonyl (C=O) groups excluding carboxylic acids is 1. The van der Waals surface area contributed by atoms with Crippen LogP contribution < -0.4 is 5.73 Å². The molecule has 0 radical (unpaired) electrons. The maximum Gasteiger partial charge on any atom is 0.133 e. The summed E-state index contributed by atoms with van der Waals surface area (Å²) in [5.41, 5.74) is 4.66. The number of hydrogen-bond donors (Lipinski definition) is 1. The molecule has 1 aliphatic carbocycles. The molecule has 1 fully saturated rings. The zero-order valence-electron chi connectivity index (χ0n) is 7.79. The van der Waals surface area contributed by atoms with Gasteiger partial charge in [0, 0.05) is 13.7 Å². The van der Waals surface area contributed by atoms with Crippen LogP contribution in [0.4, 0.5) is 0 Å². The SMILES string of the molecule is COC1CCCCC1.NCC=O. The summed E-state index contributed by atoms with van der Waals surface area (Å²) in [5.74, 6) is 0. The van der Waals surface area contributed by atoms with Gasteiger partial charge in [0.05, 0.1) is 6.10 Å². The predicted octanol–water partition coefficient (Wildman–Crippen LogP) is 1.11. The number of rotatable bonds is 2. The lowest BCUT2D eigenvalue weighted by Crippen LogP contribution is -2.13. The lowest BCUT2D eigenvalue weighted by atomic mass is 9.98. The number of carbonyl (C=O) groups is 1. The Morgan fingerprint density at radius 2 is 1.92 bits per heavy atom. The highest BCUT2D eigenvalue weighted by atomic mass is 16.5. The molecular formula is C9H19NO2. The van der Waals surface area contributed by atoms with Gasteiger partial charge in [-0.2, -0.15) is 0 Å². The molecule has 3 heteroatoms. The Bertz CT molecular complexity index is 101. The third kappa shape index (κ3) is 6.31. The van der Waals surface area contributed by atoms with E-state index >= 15 is 0 Å². The second-order valence-electron chi connectivity index (χ2n) is 2.90. The molecule has 0 aromatic carbocycles. The Labute approximate surface area is 74.3 Å². The summed E-state index contributed by atoms with van der Waals surface area (Å²) in [6, 6.07) is 0. The van der Waals surface area contributed by atoms with Crippen LogP contribution in [0.15, 0.2) is 0 Å². The molecule has 1 rings (SSSR count). The van der Waals surface area contributed by atoms with E-state index in [1.165, 1.54) is 32.1 Å². The largest absolute Gasteiger partial charge is 0.381 e. The van der Waals surface area contributed by atoms with Crippen molar-refractivity contribution in [3.8, 4) is 0 Å². The van der Waals surface area contributed by atoms with Crippen molar-refractivity contribution in [1.82, 2.24) is 0 Å². The van der Waals surface area contributed by atoms with Crippen LogP contribution >= 0.6 is 0 Å². The summed E-state index contributed by atoms with van der Waals surface area (Å²) in [5, 5.41) is 0. The van der Waals surface area contributed by atoms with Gasteiger partial charge in [-0.3, -0.25) is 0 Å². The average Bonchev–Trinajstić information content (AvgIpc) is 2.19. The van der Waals surface area contributed by atoms with E-state index < -0.39 is 0 Å². The highest BCUT2D eigenvalue weighted by Gasteiger charge is 2.10. The van der Waals surface area contributed by atoms with E-state index in [2.05, 4.69) is 5.73 Å². The molecular weight excluding hydrogens is 154 g/mol. The fraction of sp³-hybridized carbons (Fsp3) is 0.889. The van der Waals surface area contributed by atoms with E-state index in [0.29, 0.717) is 12.4 Å². The molecule has 12 heavy (non-hydrogen) atoms. The van der Waals surface area contributed by atoms with Crippen molar-refractivity contribution in [2.45, 2.75) is 38.2 Å². The average molecular weight is 173 g/mol. The normalized spacial score (nSPS) is 17.8. The van der Waals surface area contributed by atoms with Gasteiger partial charge in [0.1, 0.15) is 6.29 Å². The van der Waals surface area contributed by atoms with Crippen molar-refractivity contribution in [2.75, 3.05) is 13.7 Å². The van der Waals surface area contributed by atoms with Crippen LogP contribution in [0.3, 0.4) is 0 Å². The molecule has 0 unspecified atom stereocenters. The lowest BCUT2D eigenvalue weighted by molar-refractivity contribution is -0.106. The summed E-state index contributed by atoms with van der Waals surface area (Å²) in [6.07, 6.45) is 7.98. The summed E-state index contributed by atoms with van der Waals surface area (Å²) >= 11 is 0. The maximum atomic E-state index is 9.05. The van der Waals surface area contributed by atoms with Crippen molar-refractivity contribution in [1.29, 1.82) is 0 Å². The first-order valence-corrected chi connectivity index (χ1v) is 4.51. The fourth-order valence-electron chi connectivity index (χ4n) is 1.30. The Morgan fingerprint density at radius 1 is 1.42 bits per heavy atom. The van der Waals surface area contributed by atoms with Crippen LogP contribution in [-0.2, 0) is 9.53 Å². The van der Waals surface area contributed by atoms with Crippen molar-refractivity contribution >= 4 is 6.29 Å². The number of hydrogen-bond acceptors (Lipinski definition) is 3. The molecule has 0 aliphatic heterocycles. The quantitative estimate of drug-likeness (QED) is 0.636. The molecule has 0 atom stereocenters. The molecule has 0 aromatic heterocycles. The molecule has 0 heterocycles. The van der Waals surface area contributed by atoms with Gasteiger partial charge < -0.3 is 15.3 Å². The van der Waals surface area contributed by atoms with Gasteiger partial charge in [0.2, 0.25) is 0 Å². The molecule has 3 nitrogen and oxygen atoms in total. The second kappa shape index (κ2) is 8.68. The molecule has 0 aromatic rings. The van der Waals surface area contributed by atoms with E-state index in [1.807, 2.05) is 7.11 Å². The number of methoxy groups -OCH3 is 1. The standard InChI is InChI=1S/C7H14O.C2H5NO/c1-8-7-5-3-2-4-6-7;3-1-2-4/h7H,2-6H2,1H3;2H,1,3H2. The van der Waals surface area contributed by atoms with E-state index in [1.54, 1.807) is 0 Å². The monoisotopic (exact) mass is 173 g/mol. The minimum absolute atomic E-state index is 0.139. The first-order chi connectivity index (χ1) is 5.85. The van der Waals surface area contributed by atoms with Gasteiger partial charge in [0.15, 0.2) is 0 Å². The van der Waals surface area contributed by atoms with Crippen molar-refractivity contribution in [3.63, 3.8) is 0 Å². The lowest BCUT2D eigenvalue weighted by Gasteiger charge is -2.19. The van der Waals surface area contributed by atoms with Crippen molar-refractivity contribution in [3.05, 3.63) is 0 Å². The topological polar surface area (TPSA) is 52.3 Å². The van der Waals surface area contributed by atoms with Crippen LogP contribution in [0.1, 0.15) is 32.1 Å². The second-order valence-corrected chi connectivity index (χ2v) is 2.90. The molecule has 1 aliphatic rings. The van der Waals surface area contributed by atoms with Crippen LogP contribution in [-0.4, -0.2) is 26.0 Å². The summed E-state index contributed by atoms with van der Waals surface area (Å²) in [4.78, 5) is 9.05. The number of aldehydes is 1. The molecule has 0 saturated heterocycles. The molecule has 0 bridgehead atoms. The van der Waals surface area contributed by atoms with Gasteiger partial charge in [-0.15, -0.1) is 0 Å². The van der Waals surface area contributed by atoms with Gasteiger partial charge >= 0.3 is 0 Å². The van der Waals surface area contributed by atoms with Gasteiger partial charge in [-0.1, -0.05) is 19.3 Å². The Morgan fingerprint density at radius 3 is 2.17 bits per heavy atom. The smallest absolute Gasteiger partial charge is 0.133 e. The molecule has 0 amide bonds. The zero-order chi connectivity index (χ0) is 9.23. The third-order valence-electron chi connectivity index (χ3n) is 1.98. The Balaban J connectivity index is 0.000000261. The first-order valence-electron chi connectivity index (χ1n) is 4.51. The minimum atomic E-state index is 0.139. The van der Waals surface area contributed by atoms with Crippen molar-refractivity contribution in [2.24, 2.45) is 5.73 Å². The molecule has 72 valence electrons. The van der Waals surface area contributed by atoms with Crippen molar-refractivity contribution < 1.29 is 9.53 Å². The minimum Gasteiger partial charge on any atom is -0.381 e. The summed E-state index contributed by atoms with van der Waals surface area (Å²) < 4.78 is 5.19. The molecule has 0 spiro atoms. The highest BCUT2D eigenvalue weighted by Crippen LogP contribution is 2.18. The van der Waals surface area contributed by atoms with Crippen LogP contribution in [0.5, 0.6) is 0 Å². The molecule has 2 N–H and O–H groups in total. The Kier molecular flexibility index (Phi) is 8.39. The zero-order valence-corrected chi connectivity index (χ0v) is 7.79. The molecule has 1 saturated carbocycles. The highest BCUT2D eigenvalue weighted by molar-refractivity contribution is 5.51. The first kappa shape index (κ1) is 11.6. The van der Waals surface area contributed by atoms with Gasteiger partial charge in [-0.05, 0) is 12.8 Å². The number of ether oxygens (including phenoxy) is 1. The third-order valence-corrected chi connectivity index (χ3v) is 1.98. The Hall–Kier alpha value is -0.410. The van der Waals surface area contributed by atoms with Crippen LogP contribution in [0.2, 0.25) is 0 Å². The fourth-order valence-corrected chi connectivity index (χ4v) is 1.30. The van der Waals surface area contributed by atoms with Crippen LogP contribution in [0, 0.1) is 0 Å². The summed E-state index contributed by atoms with van der Waals surface area (Å²) in [7, 11) is 1.82. The van der Waals surface area contributed by atoms with E-state index in [9.17, 15) is 0 Å². The summed E-state index contributed by atoms with van der Waals surface area (Å²) in [6.45, 7) is 0.139.